The Morgan fingerprint density at radius 2 is 1.79 bits per heavy atom. The summed E-state index contributed by atoms with van der Waals surface area (Å²) >= 11 is 0. The van der Waals surface area contributed by atoms with E-state index < -0.39 is 23.4 Å². The number of rotatable bonds is 8. The van der Waals surface area contributed by atoms with Crippen molar-refractivity contribution in [2.24, 2.45) is 0 Å². The molecular formula is C30H30FN3O5. The van der Waals surface area contributed by atoms with Gasteiger partial charge in [-0.05, 0) is 85.9 Å². The number of piperidine rings is 1. The molecule has 1 aliphatic heterocycles. The average Bonchev–Trinajstić information content (AvgIpc) is 2.94. The van der Waals surface area contributed by atoms with E-state index in [2.05, 4.69) is 41.2 Å². The Kier molecular flexibility index (Phi) is 7.72. The number of methoxy groups -OCH3 is 1. The highest BCUT2D eigenvalue weighted by Gasteiger charge is 2.28. The maximum atomic E-state index is 14.2. The minimum Gasteiger partial charge on any atom is -0.479 e. The summed E-state index contributed by atoms with van der Waals surface area (Å²) in [6, 6.07) is 15.7. The van der Waals surface area contributed by atoms with Gasteiger partial charge in [-0.3, -0.25) is 9.36 Å². The molecule has 1 N–H and O–H groups in total. The van der Waals surface area contributed by atoms with Gasteiger partial charge >= 0.3 is 5.97 Å². The van der Waals surface area contributed by atoms with Crippen molar-refractivity contribution in [2.75, 3.05) is 34.0 Å². The summed E-state index contributed by atoms with van der Waals surface area (Å²) < 4.78 is 25.6. The number of nitrogens with zero attached hydrogens (tertiary/aromatic N) is 3. The number of hydrogen-bond acceptors (Lipinski definition) is 6. The molecule has 5 rings (SSSR count). The minimum absolute atomic E-state index is 0.0246. The van der Waals surface area contributed by atoms with E-state index >= 15 is 0 Å². The summed E-state index contributed by atoms with van der Waals surface area (Å²) in [6.45, 7) is 2.00. The van der Waals surface area contributed by atoms with Gasteiger partial charge in [0.05, 0.1) is 17.2 Å². The average molecular weight is 532 g/mol. The molecule has 1 fully saturated rings. The highest BCUT2D eigenvalue weighted by Crippen LogP contribution is 2.31. The second-order valence-electron chi connectivity index (χ2n) is 9.86. The maximum absolute atomic E-state index is 14.2. The summed E-state index contributed by atoms with van der Waals surface area (Å²) in [5.41, 5.74) is 2.92. The van der Waals surface area contributed by atoms with Crippen LogP contribution in [-0.2, 0) is 9.53 Å². The van der Waals surface area contributed by atoms with E-state index in [1.165, 1.54) is 25.1 Å². The molecule has 0 aliphatic carbocycles. The Morgan fingerprint density at radius 1 is 1.08 bits per heavy atom. The minimum atomic E-state index is -1.56. The Hall–Kier alpha value is -4.08. The molecule has 39 heavy (non-hydrogen) atoms. The number of benzene rings is 3. The second kappa shape index (κ2) is 11.3. The molecule has 1 atom stereocenters. The lowest BCUT2D eigenvalue weighted by Crippen LogP contribution is -2.31. The summed E-state index contributed by atoms with van der Waals surface area (Å²) in [6.07, 6.45) is 3.43. The van der Waals surface area contributed by atoms with Gasteiger partial charge in [-0.1, -0.05) is 30.3 Å². The molecule has 2 heterocycles. The van der Waals surface area contributed by atoms with Gasteiger partial charge in [-0.15, -0.1) is 0 Å². The van der Waals surface area contributed by atoms with Crippen LogP contribution in [0.5, 0.6) is 5.75 Å². The Morgan fingerprint density at radius 3 is 2.49 bits per heavy atom. The van der Waals surface area contributed by atoms with E-state index in [1.807, 2.05) is 6.07 Å². The van der Waals surface area contributed by atoms with Gasteiger partial charge in [0.1, 0.15) is 11.6 Å². The quantitative estimate of drug-likeness (QED) is 0.330. The molecule has 1 aliphatic rings. The van der Waals surface area contributed by atoms with Crippen molar-refractivity contribution in [1.82, 2.24) is 14.5 Å². The number of aromatic nitrogens is 2. The van der Waals surface area contributed by atoms with Crippen molar-refractivity contribution < 1.29 is 23.8 Å². The number of halogens is 1. The van der Waals surface area contributed by atoms with Gasteiger partial charge in [0.2, 0.25) is 0 Å². The number of aliphatic carboxylic acids is 1. The smallest absolute Gasteiger partial charge is 0.331 e. The molecule has 0 spiro atoms. The van der Waals surface area contributed by atoms with Crippen molar-refractivity contribution in [3.8, 4) is 16.9 Å². The van der Waals surface area contributed by atoms with Gasteiger partial charge in [0.25, 0.3) is 5.56 Å². The Labute approximate surface area is 225 Å². The number of ether oxygens (including phenoxy) is 2. The maximum Gasteiger partial charge on any atom is 0.331 e. The lowest BCUT2D eigenvalue weighted by molar-refractivity contribution is -0.139. The standard InChI is InChI=1S/C30H30FN3O5/c1-33-13-11-21(12-14-33)19-3-5-20(6-4-19)22-7-9-26-24(15-22)29(35)34(17-32-26)28(30(36)37)25-16-23(31)8-10-27(25)39-18-38-2/h3-10,15-17,21,28H,11-14,18H2,1-2H3,(H,36,37). The first-order valence-corrected chi connectivity index (χ1v) is 12.8. The van der Waals surface area contributed by atoms with Crippen LogP contribution in [0.3, 0.4) is 0 Å². The second-order valence-corrected chi connectivity index (χ2v) is 9.86. The van der Waals surface area contributed by atoms with Crippen molar-refractivity contribution >= 4 is 16.9 Å². The first-order chi connectivity index (χ1) is 18.9. The summed E-state index contributed by atoms with van der Waals surface area (Å²) in [5, 5.41) is 10.4. The van der Waals surface area contributed by atoms with Gasteiger partial charge in [0.15, 0.2) is 12.8 Å². The topological polar surface area (TPSA) is 93.9 Å². The van der Waals surface area contributed by atoms with Crippen molar-refractivity contribution in [3.05, 3.63) is 94.3 Å². The number of fused-ring (bicyclic) bond motifs is 1. The molecule has 0 bridgehead atoms. The summed E-state index contributed by atoms with van der Waals surface area (Å²) in [7, 11) is 3.56. The number of likely N-dealkylation sites (tertiary alicyclic amines) is 1. The monoisotopic (exact) mass is 531 g/mol. The third kappa shape index (κ3) is 5.55. The van der Waals surface area contributed by atoms with Crippen molar-refractivity contribution in [3.63, 3.8) is 0 Å². The highest BCUT2D eigenvalue weighted by molar-refractivity contribution is 5.84. The van der Waals surface area contributed by atoms with Gasteiger partial charge < -0.3 is 19.5 Å². The molecule has 1 unspecified atom stereocenters. The predicted octanol–water partition coefficient (Wildman–Crippen LogP) is 4.67. The van der Waals surface area contributed by atoms with Crippen molar-refractivity contribution in [2.45, 2.75) is 24.8 Å². The molecule has 202 valence electrons. The number of carbonyl (C=O) groups is 1. The number of carboxylic acids is 1. The SMILES string of the molecule is COCOc1ccc(F)cc1C(C(=O)O)n1cnc2ccc(-c3ccc(C4CCN(C)CC4)cc3)cc2c1=O. The summed E-state index contributed by atoms with van der Waals surface area (Å²) in [5.74, 6) is -1.38. The molecule has 1 saturated heterocycles. The molecule has 3 aromatic carbocycles. The van der Waals surface area contributed by atoms with E-state index in [4.69, 9.17) is 9.47 Å². The molecule has 0 saturated carbocycles. The molecule has 1 aromatic heterocycles. The van der Waals surface area contributed by atoms with E-state index in [0.29, 0.717) is 11.4 Å². The van der Waals surface area contributed by atoms with Crippen LogP contribution >= 0.6 is 0 Å². The zero-order chi connectivity index (χ0) is 27.5. The van der Waals surface area contributed by atoms with Crippen LogP contribution < -0.4 is 10.3 Å². The van der Waals surface area contributed by atoms with Crippen LogP contribution in [0.4, 0.5) is 4.39 Å². The third-order valence-corrected chi connectivity index (χ3v) is 7.33. The fourth-order valence-electron chi connectivity index (χ4n) is 5.18. The lowest BCUT2D eigenvalue weighted by atomic mass is 9.88. The fourth-order valence-corrected chi connectivity index (χ4v) is 5.18. The molecule has 0 radical (unpaired) electrons. The molecule has 8 nitrogen and oxygen atoms in total. The van der Waals surface area contributed by atoms with E-state index in [-0.39, 0.29) is 23.5 Å². The molecule has 9 heteroatoms. The normalized spacial score (nSPS) is 15.4. The van der Waals surface area contributed by atoms with Crippen LogP contribution in [0.15, 0.2) is 71.8 Å². The lowest BCUT2D eigenvalue weighted by Gasteiger charge is -2.29. The van der Waals surface area contributed by atoms with Crippen LogP contribution in [0.2, 0.25) is 0 Å². The van der Waals surface area contributed by atoms with Crippen molar-refractivity contribution in [1.29, 1.82) is 0 Å². The van der Waals surface area contributed by atoms with E-state index in [0.717, 1.165) is 53.8 Å². The number of carboxylic acid groups (broad SMARTS) is 1. The van der Waals surface area contributed by atoms with Crippen LogP contribution in [-0.4, -0.2) is 59.6 Å². The predicted molar refractivity (Wildman–Crippen MR) is 146 cm³/mol. The Bertz CT molecular complexity index is 1550. The first kappa shape index (κ1) is 26.5. The third-order valence-electron chi connectivity index (χ3n) is 7.33. The van der Waals surface area contributed by atoms with E-state index in [9.17, 15) is 19.1 Å². The van der Waals surface area contributed by atoms with Crippen LogP contribution in [0.25, 0.3) is 22.0 Å². The van der Waals surface area contributed by atoms with Gasteiger partial charge in [-0.25, -0.2) is 14.2 Å². The van der Waals surface area contributed by atoms with Gasteiger partial charge in [-0.2, -0.15) is 0 Å². The highest BCUT2D eigenvalue weighted by atomic mass is 19.1. The largest absolute Gasteiger partial charge is 0.479 e. The first-order valence-electron chi connectivity index (χ1n) is 12.8. The molecule has 4 aromatic rings. The molecule has 0 amide bonds. The van der Waals surface area contributed by atoms with Crippen LogP contribution in [0.1, 0.15) is 35.9 Å². The molecular weight excluding hydrogens is 501 g/mol. The number of hydrogen-bond donors (Lipinski definition) is 1. The Balaban J connectivity index is 1.52. The van der Waals surface area contributed by atoms with Crippen LogP contribution in [0, 0.1) is 5.82 Å². The van der Waals surface area contributed by atoms with E-state index in [1.54, 1.807) is 12.1 Å². The fraction of sp³-hybridized carbons (Fsp3) is 0.300. The van der Waals surface area contributed by atoms with Gasteiger partial charge in [0, 0.05) is 12.7 Å². The zero-order valence-electron chi connectivity index (χ0n) is 21.8. The zero-order valence-corrected chi connectivity index (χ0v) is 21.8. The summed E-state index contributed by atoms with van der Waals surface area (Å²) in [4.78, 5) is 32.7.